The predicted octanol–water partition coefficient (Wildman–Crippen LogP) is 2.67. The molecule has 1 aromatic carbocycles. The van der Waals surface area contributed by atoms with E-state index < -0.39 is 36.8 Å². The van der Waals surface area contributed by atoms with Gasteiger partial charge in [0.25, 0.3) is 0 Å². The number of rotatable bonds is 4. The Morgan fingerprint density at radius 2 is 1.67 bits per heavy atom. The van der Waals surface area contributed by atoms with E-state index in [0.717, 1.165) is 0 Å². The first-order valence-electron chi connectivity index (χ1n) is 5.74. The second-order valence-electron chi connectivity index (χ2n) is 4.93. The summed E-state index contributed by atoms with van der Waals surface area (Å²) >= 11 is -2.72. The molecule has 0 aliphatic rings. The predicted molar refractivity (Wildman–Crippen MR) is 70.4 cm³/mol. The van der Waals surface area contributed by atoms with E-state index in [9.17, 15) is 9.59 Å². The molecule has 0 aliphatic carbocycles. The third kappa shape index (κ3) is 5.08. The van der Waals surface area contributed by atoms with Crippen molar-refractivity contribution < 1.29 is 17.4 Å². The zero-order valence-electron chi connectivity index (χ0n) is 11.1. The van der Waals surface area contributed by atoms with Crippen LogP contribution in [0.15, 0.2) is 30.3 Å². The van der Waals surface area contributed by atoms with E-state index in [1.54, 1.807) is 24.3 Å². The first-order valence-corrected chi connectivity index (χ1v) is 15.5. The molecule has 1 rings (SSSR count). The van der Waals surface area contributed by atoms with E-state index in [1.165, 1.54) is 6.92 Å². The first-order chi connectivity index (χ1) is 8.29. The fourth-order valence-corrected chi connectivity index (χ4v) is 3.43. The fourth-order valence-electron chi connectivity index (χ4n) is 1.40. The molecule has 0 spiro atoms. The van der Waals surface area contributed by atoms with Gasteiger partial charge in [0, 0.05) is 0 Å². The van der Waals surface area contributed by atoms with Gasteiger partial charge in [0.05, 0.1) is 0 Å². The second-order valence-corrected chi connectivity index (χ2v) is 17.6. The first kappa shape index (κ1) is 15.0. The molecule has 0 N–H and O–H groups in total. The maximum absolute atomic E-state index is 12.0. The Labute approximate surface area is 112 Å². The van der Waals surface area contributed by atoms with Crippen LogP contribution in [0.25, 0.3) is 0 Å². The van der Waals surface area contributed by atoms with Gasteiger partial charge in [-0.25, -0.2) is 0 Å². The summed E-state index contributed by atoms with van der Waals surface area (Å²) in [5, 5.41) is 0. The molecule has 0 aliphatic heterocycles. The van der Waals surface area contributed by atoms with Gasteiger partial charge in [-0.2, -0.15) is 0 Å². The van der Waals surface area contributed by atoms with Crippen molar-refractivity contribution in [3.8, 4) is 0 Å². The van der Waals surface area contributed by atoms with Crippen molar-refractivity contribution in [1.29, 1.82) is 0 Å². The van der Waals surface area contributed by atoms with Gasteiger partial charge in [-0.15, -0.1) is 0 Å². The average molecular weight is 357 g/mol. The summed E-state index contributed by atoms with van der Waals surface area (Å²) in [5.74, 6) is -0.968. The summed E-state index contributed by atoms with van der Waals surface area (Å²) in [6, 6.07) is 8.90. The SMILES string of the molecule is CC(=O)O[C@H](C(=O)[O][Sn]([CH3])([CH3])[CH3])c1ccccc1. The molecule has 0 saturated carbocycles. The van der Waals surface area contributed by atoms with Crippen LogP contribution in [-0.2, 0) is 17.4 Å². The van der Waals surface area contributed by atoms with Gasteiger partial charge in [-0.1, -0.05) is 0 Å². The average Bonchev–Trinajstić information content (AvgIpc) is 2.24. The number of esters is 1. The number of ether oxygens (including phenoxy) is 1. The van der Waals surface area contributed by atoms with E-state index in [4.69, 9.17) is 7.81 Å². The minimum absolute atomic E-state index is 0.473. The summed E-state index contributed by atoms with van der Waals surface area (Å²) in [7, 11) is 0. The molecule has 0 bridgehead atoms. The Kier molecular flexibility index (Phi) is 5.19. The minimum atomic E-state index is -2.72. The van der Waals surface area contributed by atoms with Gasteiger partial charge in [0.15, 0.2) is 0 Å². The van der Waals surface area contributed by atoms with Crippen molar-refractivity contribution in [2.45, 2.75) is 27.8 Å². The Morgan fingerprint density at radius 1 is 1.11 bits per heavy atom. The molecule has 0 amide bonds. The second kappa shape index (κ2) is 6.22. The number of benzene rings is 1. The van der Waals surface area contributed by atoms with Crippen LogP contribution in [0.4, 0.5) is 0 Å². The summed E-state index contributed by atoms with van der Waals surface area (Å²) in [6.07, 6.45) is -0.959. The van der Waals surface area contributed by atoms with E-state index >= 15 is 0 Å². The molecule has 0 heterocycles. The molecular formula is C13H18O4Sn. The van der Waals surface area contributed by atoms with Crippen LogP contribution in [0.3, 0.4) is 0 Å². The van der Waals surface area contributed by atoms with E-state index in [1.807, 2.05) is 20.9 Å². The normalized spacial score (nSPS) is 12.7. The molecule has 98 valence electrons. The van der Waals surface area contributed by atoms with Crippen molar-refractivity contribution >= 4 is 30.7 Å². The van der Waals surface area contributed by atoms with Gasteiger partial charge in [0.1, 0.15) is 0 Å². The zero-order valence-corrected chi connectivity index (χ0v) is 14.0. The summed E-state index contributed by atoms with van der Waals surface area (Å²) in [4.78, 5) is 29.1. The van der Waals surface area contributed by atoms with Crippen LogP contribution >= 0.6 is 0 Å². The summed E-state index contributed by atoms with van der Waals surface area (Å²) in [6.45, 7) is 1.28. The monoisotopic (exact) mass is 358 g/mol. The standard InChI is InChI=1S/C10H10O4.3CH3.Sn/c1-7(11)14-9(10(12)13)8-5-3-2-4-6-8;;;;/h2-6,9H,1H3,(H,12,13);3*1H3;/q;;;;+1/p-1/t9-;;;;/m0..../s1. The van der Waals surface area contributed by atoms with Gasteiger partial charge in [-0.05, 0) is 0 Å². The topological polar surface area (TPSA) is 52.6 Å². The van der Waals surface area contributed by atoms with Crippen LogP contribution < -0.4 is 0 Å². The Balaban J connectivity index is 2.92. The number of hydrogen-bond acceptors (Lipinski definition) is 4. The number of hydrogen-bond donors (Lipinski definition) is 0. The van der Waals surface area contributed by atoms with E-state index in [2.05, 4.69) is 0 Å². The Morgan fingerprint density at radius 3 is 2.11 bits per heavy atom. The van der Waals surface area contributed by atoms with Crippen molar-refractivity contribution in [1.82, 2.24) is 0 Å². The third-order valence-corrected chi connectivity index (χ3v) is 4.33. The van der Waals surface area contributed by atoms with Crippen LogP contribution in [0, 0.1) is 0 Å². The van der Waals surface area contributed by atoms with Gasteiger partial charge in [-0.3, -0.25) is 0 Å². The van der Waals surface area contributed by atoms with Gasteiger partial charge in [0.2, 0.25) is 0 Å². The van der Waals surface area contributed by atoms with Crippen LogP contribution in [0.2, 0.25) is 14.8 Å². The van der Waals surface area contributed by atoms with Gasteiger partial charge >= 0.3 is 112 Å². The summed E-state index contributed by atoms with van der Waals surface area (Å²) in [5.41, 5.74) is 0.633. The molecule has 5 heteroatoms. The van der Waals surface area contributed by atoms with Crippen molar-refractivity contribution in [3.05, 3.63) is 35.9 Å². The molecule has 1 aromatic rings. The van der Waals surface area contributed by atoms with Crippen LogP contribution in [0.1, 0.15) is 18.6 Å². The van der Waals surface area contributed by atoms with Crippen LogP contribution in [0.5, 0.6) is 0 Å². The molecule has 0 saturated heterocycles. The van der Waals surface area contributed by atoms with Crippen molar-refractivity contribution in [3.63, 3.8) is 0 Å². The van der Waals surface area contributed by atoms with Crippen LogP contribution in [-0.4, -0.2) is 30.7 Å². The Hall–Kier alpha value is -1.04. The molecule has 0 unspecified atom stereocenters. The Bertz CT molecular complexity index is 422. The zero-order chi connectivity index (χ0) is 13.8. The molecule has 0 fully saturated rings. The van der Waals surface area contributed by atoms with Crippen molar-refractivity contribution in [2.75, 3.05) is 0 Å². The third-order valence-electron chi connectivity index (χ3n) is 2.01. The van der Waals surface area contributed by atoms with Gasteiger partial charge < -0.3 is 0 Å². The molecular weight excluding hydrogens is 339 g/mol. The number of carbonyl (C=O) groups is 2. The molecule has 1 atom stereocenters. The van der Waals surface area contributed by atoms with E-state index in [-0.39, 0.29) is 0 Å². The summed E-state index contributed by atoms with van der Waals surface area (Å²) < 4.78 is 10.5. The molecule has 18 heavy (non-hydrogen) atoms. The fraction of sp³-hybridized carbons (Fsp3) is 0.385. The van der Waals surface area contributed by atoms with E-state index in [0.29, 0.717) is 5.56 Å². The molecule has 0 radical (unpaired) electrons. The molecule has 0 aromatic heterocycles. The van der Waals surface area contributed by atoms with Crippen molar-refractivity contribution in [2.24, 2.45) is 0 Å². The molecule has 4 nitrogen and oxygen atoms in total. The quantitative estimate of drug-likeness (QED) is 0.614. The number of carbonyl (C=O) groups excluding carboxylic acids is 2. The maximum atomic E-state index is 12.0.